The number of aromatic nitrogens is 1. The van der Waals surface area contributed by atoms with E-state index < -0.39 is 17.9 Å². The van der Waals surface area contributed by atoms with Crippen LogP contribution in [0.5, 0.6) is 11.5 Å². The molecular weight excluding hydrogens is 411 g/mol. The first-order valence-corrected chi connectivity index (χ1v) is 10.1. The van der Waals surface area contributed by atoms with E-state index in [1.165, 1.54) is 19.1 Å². The Kier molecular flexibility index (Phi) is 7.53. The van der Waals surface area contributed by atoms with Gasteiger partial charge in [-0.2, -0.15) is 5.26 Å². The van der Waals surface area contributed by atoms with Crippen molar-refractivity contribution < 1.29 is 23.4 Å². The van der Waals surface area contributed by atoms with Crippen molar-refractivity contribution in [2.24, 2.45) is 0 Å². The Hall–Kier alpha value is -3.76. The van der Waals surface area contributed by atoms with Crippen LogP contribution >= 0.6 is 0 Å². The van der Waals surface area contributed by atoms with Gasteiger partial charge in [-0.3, -0.25) is 4.79 Å². The van der Waals surface area contributed by atoms with E-state index in [1.807, 2.05) is 32.0 Å². The number of rotatable bonds is 8. The number of esters is 1. The van der Waals surface area contributed by atoms with Crippen LogP contribution in [0.15, 0.2) is 54.6 Å². The van der Waals surface area contributed by atoms with E-state index in [0.29, 0.717) is 35.1 Å². The maximum absolute atomic E-state index is 14.1. The predicted molar refractivity (Wildman–Crippen MR) is 117 cm³/mol. The van der Waals surface area contributed by atoms with Crippen LogP contribution < -0.4 is 9.47 Å². The van der Waals surface area contributed by atoms with Crippen molar-refractivity contribution in [3.8, 4) is 28.8 Å². The molecule has 1 heterocycles. The molecule has 0 saturated heterocycles. The number of carbonyl (C=O) groups excluding carboxylic acids is 1. The van der Waals surface area contributed by atoms with E-state index >= 15 is 0 Å². The van der Waals surface area contributed by atoms with Crippen molar-refractivity contribution in [2.75, 3.05) is 13.2 Å². The van der Waals surface area contributed by atoms with Gasteiger partial charge in [-0.15, -0.1) is 0 Å². The summed E-state index contributed by atoms with van der Waals surface area (Å²) in [6.45, 7) is 5.82. The fourth-order valence-electron chi connectivity index (χ4n) is 3.09. The number of hydrogen-bond donors (Lipinski definition) is 0. The minimum Gasteiger partial charge on any atom is -0.482 e. The van der Waals surface area contributed by atoms with Gasteiger partial charge >= 0.3 is 5.97 Å². The molecule has 32 heavy (non-hydrogen) atoms. The first kappa shape index (κ1) is 22.9. The predicted octanol–water partition coefficient (Wildman–Crippen LogP) is 5.15. The summed E-state index contributed by atoms with van der Waals surface area (Å²) < 4.78 is 31.0. The summed E-state index contributed by atoms with van der Waals surface area (Å²) in [6, 6.07) is 16.7. The molecule has 1 atom stereocenters. The Morgan fingerprint density at radius 1 is 1.19 bits per heavy atom. The molecule has 0 saturated carbocycles. The number of hydrogen-bond acceptors (Lipinski definition) is 6. The molecule has 2 aromatic carbocycles. The molecule has 0 spiro atoms. The third-order valence-corrected chi connectivity index (χ3v) is 4.64. The van der Waals surface area contributed by atoms with Crippen LogP contribution in [0.4, 0.5) is 4.39 Å². The molecule has 0 aliphatic carbocycles. The molecule has 0 amide bonds. The van der Waals surface area contributed by atoms with E-state index in [0.717, 1.165) is 5.56 Å². The van der Waals surface area contributed by atoms with E-state index in [4.69, 9.17) is 19.5 Å². The average Bonchev–Trinajstić information content (AvgIpc) is 2.78. The molecule has 7 heteroatoms. The first-order chi connectivity index (χ1) is 15.4. The number of nitrogens with zero attached hydrogens (tertiary/aromatic N) is 2. The third-order valence-electron chi connectivity index (χ3n) is 4.64. The Bertz CT molecular complexity index is 1160. The monoisotopic (exact) mass is 434 g/mol. The second-order valence-corrected chi connectivity index (χ2v) is 7.04. The van der Waals surface area contributed by atoms with Gasteiger partial charge in [0.1, 0.15) is 23.4 Å². The Labute approximate surface area is 186 Å². The van der Waals surface area contributed by atoms with E-state index in [1.54, 1.807) is 30.3 Å². The van der Waals surface area contributed by atoms with Gasteiger partial charge in [0.25, 0.3) is 0 Å². The van der Waals surface area contributed by atoms with Gasteiger partial charge in [0.05, 0.1) is 23.6 Å². The zero-order valence-electron chi connectivity index (χ0n) is 18.1. The highest BCUT2D eigenvalue weighted by Gasteiger charge is 2.18. The highest BCUT2D eigenvalue weighted by atomic mass is 19.1. The highest BCUT2D eigenvalue weighted by molar-refractivity contribution is 5.70. The Balaban J connectivity index is 1.89. The number of pyridine rings is 1. The van der Waals surface area contributed by atoms with Crippen LogP contribution in [0.1, 0.15) is 36.8 Å². The second kappa shape index (κ2) is 10.5. The number of aryl methyl sites for hydroxylation is 1. The van der Waals surface area contributed by atoms with Crippen LogP contribution in [-0.4, -0.2) is 24.2 Å². The number of carbonyl (C=O) groups is 1. The average molecular weight is 434 g/mol. The van der Waals surface area contributed by atoms with Crippen molar-refractivity contribution in [1.82, 2.24) is 4.98 Å². The molecule has 0 radical (unpaired) electrons. The smallest absolute Gasteiger partial charge is 0.308 e. The summed E-state index contributed by atoms with van der Waals surface area (Å²) in [5.74, 6) is 0.0489. The summed E-state index contributed by atoms with van der Waals surface area (Å²) in [4.78, 5) is 15.9. The third kappa shape index (κ3) is 5.68. The lowest BCUT2D eigenvalue weighted by Gasteiger charge is -2.20. The largest absolute Gasteiger partial charge is 0.482 e. The lowest BCUT2D eigenvalue weighted by Crippen LogP contribution is -2.16. The van der Waals surface area contributed by atoms with Crippen LogP contribution in [-0.2, 0) is 9.53 Å². The van der Waals surface area contributed by atoms with Crippen LogP contribution in [0.2, 0.25) is 0 Å². The van der Waals surface area contributed by atoms with Gasteiger partial charge in [-0.05, 0) is 61.9 Å². The Morgan fingerprint density at radius 3 is 2.66 bits per heavy atom. The zero-order chi connectivity index (χ0) is 23.1. The molecular formula is C25H23FN2O4. The first-order valence-electron chi connectivity index (χ1n) is 10.1. The summed E-state index contributed by atoms with van der Waals surface area (Å²) in [7, 11) is 0. The minimum atomic E-state index is -0.595. The summed E-state index contributed by atoms with van der Waals surface area (Å²) in [5, 5.41) is 8.94. The number of halogens is 1. The van der Waals surface area contributed by atoms with Crippen LogP contribution in [0, 0.1) is 24.1 Å². The molecule has 0 aliphatic heterocycles. The number of nitriles is 1. The molecule has 164 valence electrons. The summed E-state index contributed by atoms with van der Waals surface area (Å²) in [6.07, 6.45) is -0.517. The minimum absolute atomic E-state index is 0.0185. The second-order valence-electron chi connectivity index (χ2n) is 7.04. The highest BCUT2D eigenvalue weighted by Crippen LogP contribution is 2.29. The van der Waals surface area contributed by atoms with Crippen molar-refractivity contribution >= 4 is 5.97 Å². The molecule has 0 fully saturated rings. The molecule has 3 aromatic rings. The zero-order valence-corrected chi connectivity index (χ0v) is 18.1. The van der Waals surface area contributed by atoms with Gasteiger partial charge in [-0.25, -0.2) is 9.37 Å². The molecule has 1 aromatic heterocycles. The quantitative estimate of drug-likeness (QED) is 0.360. The van der Waals surface area contributed by atoms with Gasteiger partial charge in [0.2, 0.25) is 0 Å². The lowest BCUT2D eigenvalue weighted by atomic mass is 10.1. The molecule has 0 bridgehead atoms. The number of ether oxygens (including phenoxy) is 3. The van der Waals surface area contributed by atoms with E-state index in [9.17, 15) is 9.18 Å². The molecule has 0 N–H and O–H groups in total. The molecule has 0 aliphatic rings. The van der Waals surface area contributed by atoms with E-state index in [2.05, 4.69) is 4.98 Å². The fourth-order valence-corrected chi connectivity index (χ4v) is 3.09. The van der Waals surface area contributed by atoms with Gasteiger partial charge in [-0.1, -0.05) is 12.1 Å². The Morgan fingerprint density at radius 2 is 2.00 bits per heavy atom. The van der Waals surface area contributed by atoms with Crippen LogP contribution in [0.25, 0.3) is 11.3 Å². The topological polar surface area (TPSA) is 81.4 Å². The number of benzene rings is 2. The lowest BCUT2D eigenvalue weighted by molar-refractivity contribution is -0.131. The van der Waals surface area contributed by atoms with Gasteiger partial charge < -0.3 is 14.2 Å². The van der Waals surface area contributed by atoms with Crippen molar-refractivity contribution in [1.29, 1.82) is 5.26 Å². The normalized spacial score (nSPS) is 11.5. The maximum Gasteiger partial charge on any atom is 0.308 e. The molecule has 3 rings (SSSR count). The fraction of sp³-hybridized carbons (Fsp3) is 0.240. The van der Waals surface area contributed by atoms with Gasteiger partial charge in [0, 0.05) is 19.1 Å². The van der Waals surface area contributed by atoms with Gasteiger partial charge in [0.15, 0.2) is 6.10 Å². The maximum atomic E-state index is 14.1. The molecule has 6 nitrogen and oxygen atoms in total. The standard InChI is InChI=1S/C25H23FN2O4/c1-4-30-15-25(32-20-10-11-24(16(2)12-20)31-17(3)29)23-7-5-6-22(28-23)18-8-9-19(14-27)21(26)13-18/h5-13,25H,4,15H2,1-3H3/t25-/m1/s1. The SMILES string of the molecule is CCOC[C@@H](Oc1ccc(OC(C)=O)c(C)c1)c1cccc(-c2ccc(C#N)c(F)c2)n1. The van der Waals surface area contributed by atoms with Crippen molar-refractivity contribution in [3.63, 3.8) is 0 Å². The summed E-state index contributed by atoms with van der Waals surface area (Å²) >= 11 is 0. The molecule has 0 unspecified atom stereocenters. The van der Waals surface area contributed by atoms with Crippen LogP contribution in [0.3, 0.4) is 0 Å². The summed E-state index contributed by atoms with van der Waals surface area (Å²) in [5.41, 5.74) is 2.46. The van der Waals surface area contributed by atoms with E-state index in [-0.39, 0.29) is 12.2 Å². The van der Waals surface area contributed by atoms with Crippen molar-refractivity contribution in [3.05, 3.63) is 77.2 Å². The van der Waals surface area contributed by atoms with Crippen molar-refractivity contribution in [2.45, 2.75) is 26.9 Å².